The van der Waals surface area contributed by atoms with Gasteiger partial charge in [0.1, 0.15) is 0 Å². The zero-order valence-corrected chi connectivity index (χ0v) is 11.7. The topological polar surface area (TPSA) is 66.4 Å². The molecule has 0 aliphatic heterocycles. The van der Waals surface area contributed by atoms with Crippen molar-refractivity contribution < 1.29 is 14.7 Å². The first-order valence-electron chi connectivity index (χ1n) is 6.78. The molecule has 0 spiro atoms. The van der Waals surface area contributed by atoms with Gasteiger partial charge in [-0.1, -0.05) is 19.1 Å². The minimum Gasteiger partial charge on any atom is -0.478 e. The van der Waals surface area contributed by atoms with Crippen LogP contribution < -0.4 is 5.32 Å². The van der Waals surface area contributed by atoms with Crippen LogP contribution in [0.4, 0.5) is 0 Å². The highest BCUT2D eigenvalue weighted by Crippen LogP contribution is 2.26. The molecule has 0 saturated heterocycles. The first-order valence-corrected chi connectivity index (χ1v) is 6.78. The van der Waals surface area contributed by atoms with Crippen LogP contribution in [0.1, 0.15) is 41.3 Å². The lowest BCUT2D eigenvalue weighted by atomic mass is 9.82. The van der Waals surface area contributed by atoms with Crippen LogP contribution in [-0.2, 0) is 4.79 Å². The maximum atomic E-state index is 12.2. The SMILES string of the molecule is Cc1ccc(/C=C/C(=O)O)cc1C(=O)NC1CC(C)C1. The molecular weight excluding hydrogens is 254 g/mol. The van der Waals surface area contributed by atoms with E-state index in [2.05, 4.69) is 12.2 Å². The van der Waals surface area contributed by atoms with Crippen LogP contribution in [0.2, 0.25) is 0 Å². The lowest BCUT2D eigenvalue weighted by Gasteiger charge is -2.33. The van der Waals surface area contributed by atoms with E-state index in [1.807, 2.05) is 13.0 Å². The van der Waals surface area contributed by atoms with Gasteiger partial charge in [0, 0.05) is 17.7 Å². The Morgan fingerprint density at radius 3 is 2.65 bits per heavy atom. The number of benzene rings is 1. The van der Waals surface area contributed by atoms with Gasteiger partial charge in [-0.15, -0.1) is 0 Å². The van der Waals surface area contributed by atoms with E-state index >= 15 is 0 Å². The van der Waals surface area contributed by atoms with E-state index in [0.717, 1.165) is 24.5 Å². The lowest BCUT2D eigenvalue weighted by molar-refractivity contribution is -0.131. The zero-order valence-electron chi connectivity index (χ0n) is 11.7. The average molecular weight is 273 g/mol. The molecule has 1 aliphatic carbocycles. The van der Waals surface area contributed by atoms with E-state index in [1.165, 1.54) is 6.08 Å². The smallest absolute Gasteiger partial charge is 0.328 e. The van der Waals surface area contributed by atoms with E-state index in [1.54, 1.807) is 12.1 Å². The molecular formula is C16H19NO3. The first-order chi connectivity index (χ1) is 9.45. The van der Waals surface area contributed by atoms with Gasteiger partial charge in [-0.3, -0.25) is 4.79 Å². The number of carbonyl (C=O) groups is 2. The first kappa shape index (κ1) is 14.3. The van der Waals surface area contributed by atoms with Crippen molar-refractivity contribution in [3.8, 4) is 0 Å². The Kier molecular flexibility index (Phi) is 4.23. The summed E-state index contributed by atoms with van der Waals surface area (Å²) < 4.78 is 0. The molecule has 4 nitrogen and oxygen atoms in total. The van der Waals surface area contributed by atoms with E-state index in [9.17, 15) is 9.59 Å². The number of carboxylic acids is 1. The van der Waals surface area contributed by atoms with Gasteiger partial charge in [-0.2, -0.15) is 0 Å². The van der Waals surface area contributed by atoms with Gasteiger partial charge in [-0.05, 0) is 49.0 Å². The molecule has 20 heavy (non-hydrogen) atoms. The van der Waals surface area contributed by atoms with Crippen molar-refractivity contribution in [2.75, 3.05) is 0 Å². The molecule has 2 rings (SSSR count). The molecule has 0 unspecified atom stereocenters. The molecule has 1 aromatic rings. The van der Waals surface area contributed by atoms with Crippen molar-refractivity contribution in [3.05, 3.63) is 41.0 Å². The fourth-order valence-corrected chi connectivity index (χ4v) is 2.44. The molecule has 0 atom stereocenters. The van der Waals surface area contributed by atoms with Crippen LogP contribution in [0.15, 0.2) is 24.3 Å². The fraction of sp³-hybridized carbons (Fsp3) is 0.375. The van der Waals surface area contributed by atoms with Gasteiger partial charge < -0.3 is 10.4 Å². The molecule has 0 heterocycles. The minimum absolute atomic E-state index is 0.0787. The highest BCUT2D eigenvalue weighted by molar-refractivity contribution is 5.96. The summed E-state index contributed by atoms with van der Waals surface area (Å²) in [5, 5.41) is 11.6. The Balaban J connectivity index is 2.11. The van der Waals surface area contributed by atoms with Crippen molar-refractivity contribution in [2.24, 2.45) is 5.92 Å². The number of carboxylic acid groups (broad SMARTS) is 1. The number of rotatable bonds is 4. The third kappa shape index (κ3) is 3.47. The molecule has 1 saturated carbocycles. The van der Waals surface area contributed by atoms with Crippen molar-refractivity contribution in [1.29, 1.82) is 0 Å². The normalized spacial score (nSPS) is 21.5. The van der Waals surface area contributed by atoms with Crippen LogP contribution in [0.5, 0.6) is 0 Å². The maximum absolute atomic E-state index is 12.2. The van der Waals surface area contributed by atoms with Gasteiger partial charge in [0.2, 0.25) is 0 Å². The highest BCUT2D eigenvalue weighted by Gasteiger charge is 2.27. The second kappa shape index (κ2) is 5.90. The summed E-state index contributed by atoms with van der Waals surface area (Å²) in [6.07, 6.45) is 4.62. The fourth-order valence-electron chi connectivity index (χ4n) is 2.44. The van der Waals surface area contributed by atoms with Gasteiger partial charge in [-0.25, -0.2) is 4.79 Å². The summed E-state index contributed by atoms with van der Waals surface area (Å²) in [6.45, 7) is 4.05. The zero-order chi connectivity index (χ0) is 14.7. The maximum Gasteiger partial charge on any atom is 0.328 e. The van der Waals surface area contributed by atoms with E-state index in [4.69, 9.17) is 5.11 Å². The Hall–Kier alpha value is -2.10. The van der Waals surface area contributed by atoms with Crippen LogP contribution in [-0.4, -0.2) is 23.0 Å². The van der Waals surface area contributed by atoms with Crippen molar-refractivity contribution in [3.63, 3.8) is 0 Å². The number of amides is 1. The van der Waals surface area contributed by atoms with E-state index < -0.39 is 5.97 Å². The molecule has 1 fully saturated rings. The molecule has 0 radical (unpaired) electrons. The number of aliphatic carboxylic acids is 1. The average Bonchev–Trinajstić information content (AvgIpc) is 2.35. The summed E-state index contributed by atoms with van der Waals surface area (Å²) in [6, 6.07) is 5.64. The van der Waals surface area contributed by atoms with Crippen LogP contribution in [0.25, 0.3) is 6.08 Å². The summed E-state index contributed by atoms with van der Waals surface area (Å²) in [5.41, 5.74) is 2.21. The Labute approximate surface area is 118 Å². The predicted molar refractivity (Wildman–Crippen MR) is 77.5 cm³/mol. The third-order valence-corrected chi connectivity index (χ3v) is 3.63. The lowest BCUT2D eigenvalue weighted by Crippen LogP contribution is -2.43. The summed E-state index contributed by atoms with van der Waals surface area (Å²) in [5.74, 6) is -0.392. The van der Waals surface area contributed by atoms with Crippen LogP contribution >= 0.6 is 0 Å². The largest absolute Gasteiger partial charge is 0.478 e. The van der Waals surface area contributed by atoms with Crippen molar-refractivity contribution in [2.45, 2.75) is 32.7 Å². The number of aryl methyl sites for hydroxylation is 1. The summed E-state index contributed by atoms with van der Waals surface area (Å²) >= 11 is 0. The van der Waals surface area contributed by atoms with Gasteiger partial charge in [0.15, 0.2) is 0 Å². The standard InChI is InChI=1S/C16H19NO3/c1-10-7-13(8-10)17-16(20)14-9-12(4-3-11(14)2)5-6-15(18)19/h3-6,9-10,13H,7-8H2,1-2H3,(H,17,20)(H,18,19)/b6-5+. The van der Waals surface area contributed by atoms with Crippen molar-refractivity contribution in [1.82, 2.24) is 5.32 Å². The quantitative estimate of drug-likeness (QED) is 0.829. The number of nitrogens with one attached hydrogen (secondary N) is 1. The van der Waals surface area contributed by atoms with Crippen LogP contribution in [0.3, 0.4) is 0 Å². The highest BCUT2D eigenvalue weighted by atomic mass is 16.4. The predicted octanol–water partition coefficient (Wildman–Crippen LogP) is 2.62. The second-order valence-electron chi connectivity index (χ2n) is 5.49. The van der Waals surface area contributed by atoms with E-state index in [0.29, 0.717) is 17.0 Å². The minimum atomic E-state index is -1.000. The Morgan fingerprint density at radius 2 is 2.05 bits per heavy atom. The van der Waals surface area contributed by atoms with Crippen LogP contribution in [0, 0.1) is 12.8 Å². The monoisotopic (exact) mass is 273 g/mol. The van der Waals surface area contributed by atoms with Gasteiger partial charge >= 0.3 is 5.97 Å². The third-order valence-electron chi connectivity index (χ3n) is 3.63. The van der Waals surface area contributed by atoms with Crippen molar-refractivity contribution >= 4 is 18.0 Å². The number of hydrogen-bond donors (Lipinski definition) is 2. The molecule has 1 aromatic carbocycles. The van der Waals surface area contributed by atoms with Gasteiger partial charge in [0.25, 0.3) is 5.91 Å². The molecule has 106 valence electrons. The molecule has 2 N–H and O–H groups in total. The Bertz CT molecular complexity index is 557. The second-order valence-corrected chi connectivity index (χ2v) is 5.49. The Morgan fingerprint density at radius 1 is 1.35 bits per heavy atom. The number of carbonyl (C=O) groups excluding carboxylic acids is 1. The van der Waals surface area contributed by atoms with Gasteiger partial charge in [0.05, 0.1) is 0 Å². The molecule has 4 heteroatoms. The number of hydrogen-bond acceptors (Lipinski definition) is 2. The summed E-state index contributed by atoms with van der Waals surface area (Å²) in [7, 11) is 0. The molecule has 1 aliphatic rings. The molecule has 1 amide bonds. The molecule has 0 aromatic heterocycles. The van der Waals surface area contributed by atoms with E-state index in [-0.39, 0.29) is 11.9 Å². The molecule has 0 bridgehead atoms. The summed E-state index contributed by atoms with van der Waals surface area (Å²) in [4.78, 5) is 22.7.